The van der Waals surface area contributed by atoms with Crippen LogP contribution in [0.2, 0.25) is 0 Å². The zero-order chi connectivity index (χ0) is 21.6. The Bertz CT molecular complexity index is 981. The fourth-order valence-electron chi connectivity index (χ4n) is 3.44. The molecule has 0 bridgehead atoms. The van der Waals surface area contributed by atoms with Gasteiger partial charge in [0.15, 0.2) is 16.6 Å². The van der Waals surface area contributed by atoms with Crippen molar-refractivity contribution < 1.29 is 14.3 Å². The highest BCUT2D eigenvalue weighted by Gasteiger charge is 2.22. The number of thiazole rings is 1. The smallest absolute Gasteiger partial charge is 0.231 e. The van der Waals surface area contributed by atoms with Gasteiger partial charge in [-0.05, 0) is 25.2 Å². The molecule has 4 rings (SSSR count). The van der Waals surface area contributed by atoms with Crippen LogP contribution in [-0.2, 0) is 4.79 Å². The first-order valence-electron chi connectivity index (χ1n) is 10.6. The second-order valence-electron chi connectivity index (χ2n) is 7.15. The Morgan fingerprint density at radius 3 is 2.58 bits per heavy atom. The number of fused-ring (bicyclic) bond motifs is 2. The molecule has 0 saturated carbocycles. The van der Waals surface area contributed by atoms with Gasteiger partial charge in [0.25, 0.3) is 0 Å². The minimum atomic E-state index is 0.106. The van der Waals surface area contributed by atoms with E-state index in [1.807, 2.05) is 35.2 Å². The molecule has 2 heterocycles. The summed E-state index contributed by atoms with van der Waals surface area (Å²) >= 11 is 3.24. The van der Waals surface area contributed by atoms with E-state index in [0.717, 1.165) is 46.5 Å². The minimum absolute atomic E-state index is 0.106. The van der Waals surface area contributed by atoms with Gasteiger partial charge in [0.05, 0.1) is 10.2 Å². The van der Waals surface area contributed by atoms with Crippen LogP contribution in [0.15, 0.2) is 47.4 Å². The molecular weight excluding hydrogens is 430 g/mol. The molecule has 0 radical (unpaired) electrons. The van der Waals surface area contributed by atoms with E-state index in [2.05, 4.69) is 30.9 Å². The maximum Gasteiger partial charge on any atom is 0.231 e. The van der Waals surface area contributed by atoms with Crippen molar-refractivity contribution >= 4 is 44.4 Å². The van der Waals surface area contributed by atoms with Crippen LogP contribution in [0.5, 0.6) is 11.5 Å². The summed E-state index contributed by atoms with van der Waals surface area (Å²) in [7, 11) is 0. The summed E-state index contributed by atoms with van der Waals surface area (Å²) in [6.07, 6.45) is 0.469. The van der Waals surface area contributed by atoms with Gasteiger partial charge in [0.2, 0.25) is 12.7 Å². The molecule has 6 nitrogen and oxygen atoms in total. The van der Waals surface area contributed by atoms with Crippen LogP contribution < -0.4 is 14.4 Å². The van der Waals surface area contributed by atoms with Gasteiger partial charge in [0, 0.05) is 42.3 Å². The van der Waals surface area contributed by atoms with Gasteiger partial charge in [0.1, 0.15) is 0 Å². The van der Waals surface area contributed by atoms with Crippen LogP contribution in [0.3, 0.4) is 0 Å². The lowest BCUT2D eigenvalue weighted by molar-refractivity contribution is -0.118. The number of nitrogens with zero attached hydrogens (tertiary/aromatic N) is 3. The molecule has 0 saturated heterocycles. The number of amides is 1. The highest BCUT2D eigenvalue weighted by molar-refractivity contribution is 7.99. The molecule has 1 aliphatic rings. The molecule has 0 atom stereocenters. The van der Waals surface area contributed by atoms with Crippen LogP contribution in [0.4, 0.5) is 5.13 Å². The largest absolute Gasteiger partial charge is 0.454 e. The normalized spacial score (nSPS) is 12.6. The molecule has 1 aliphatic heterocycles. The second kappa shape index (κ2) is 10.3. The zero-order valence-corrected chi connectivity index (χ0v) is 19.5. The molecule has 8 heteroatoms. The predicted molar refractivity (Wildman–Crippen MR) is 128 cm³/mol. The first-order chi connectivity index (χ1) is 15.2. The van der Waals surface area contributed by atoms with Crippen molar-refractivity contribution in [3.8, 4) is 11.5 Å². The third-order valence-electron chi connectivity index (χ3n) is 5.27. The molecule has 0 unspecified atom stereocenters. The molecule has 0 fully saturated rings. The number of likely N-dealkylation sites (N-methyl/N-ethyl adjacent to an activating group) is 1. The third kappa shape index (κ3) is 5.31. The lowest BCUT2D eigenvalue weighted by Gasteiger charge is -2.24. The summed E-state index contributed by atoms with van der Waals surface area (Å²) in [5, 5.41) is 0.737. The topological polar surface area (TPSA) is 54.9 Å². The summed E-state index contributed by atoms with van der Waals surface area (Å²) < 4.78 is 12.0. The Kier molecular flexibility index (Phi) is 7.32. The number of ether oxygens (including phenoxy) is 2. The predicted octanol–water partition coefficient (Wildman–Crippen LogP) is 4.88. The Hall–Kier alpha value is -2.29. The maximum absolute atomic E-state index is 13.2. The lowest BCUT2D eigenvalue weighted by Crippen LogP contribution is -2.39. The Labute approximate surface area is 191 Å². The molecule has 1 amide bonds. The fraction of sp³-hybridized carbons (Fsp3) is 0.391. The van der Waals surface area contributed by atoms with Crippen LogP contribution in [0.25, 0.3) is 10.2 Å². The van der Waals surface area contributed by atoms with Crippen LogP contribution in [-0.4, -0.2) is 54.5 Å². The molecule has 2 aromatic carbocycles. The van der Waals surface area contributed by atoms with Gasteiger partial charge < -0.3 is 14.4 Å². The van der Waals surface area contributed by atoms with E-state index in [0.29, 0.717) is 18.7 Å². The number of carbonyl (C=O) groups is 1. The monoisotopic (exact) mass is 457 g/mol. The third-order valence-corrected chi connectivity index (χ3v) is 7.32. The van der Waals surface area contributed by atoms with E-state index in [4.69, 9.17) is 14.5 Å². The van der Waals surface area contributed by atoms with Crippen molar-refractivity contribution in [3.05, 3.63) is 42.5 Å². The van der Waals surface area contributed by atoms with Crippen molar-refractivity contribution in [3.63, 3.8) is 0 Å². The Balaban J connectivity index is 1.50. The van der Waals surface area contributed by atoms with E-state index in [1.165, 1.54) is 16.2 Å². The van der Waals surface area contributed by atoms with E-state index in [-0.39, 0.29) is 12.7 Å². The molecule has 0 spiro atoms. The number of anilines is 1. The average Bonchev–Trinajstić information content (AvgIpc) is 3.41. The van der Waals surface area contributed by atoms with Crippen molar-refractivity contribution in [2.75, 3.05) is 43.6 Å². The first kappa shape index (κ1) is 21.9. The number of aromatic nitrogens is 1. The summed E-state index contributed by atoms with van der Waals surface area (Å²) in [5.74, 6) is 2.30. The Morgan fingerprint density at radius 2 is 1.84 bits per heavy atom. The number of rotatable bonds is 10. The number of hydrogen-bond donors (Lipinski definition) is 0. The highest BCUT2D eigenvalue weighted by atomic mass is 32.2. The summed E-state index contributed by atoms with van der Waals surface area (Å²) in [5.41, 5.74) is 0.837. The molecule has 3 aromatic rings. The van der Waals surface area contributed by atoms with E-state index in [1.54, 1.807) is 11.8 Å². The van der Waals surface area contributed by atoms with Crippen molar-refractivity contribution in [2.24, 2.45) is 0 Å². The van der Waals surface area contributed by atoms with Gasteiger partial charge in [-0.15, -0.1) is 11.8 Å². The highest BCUT2D eigenvalue weighted by Crippen LogP contribution is 2.39. The first-order valence-corrected chi connectivity index (χ1v) is 12.4. The molecule has 1 aromatic heterocycles. The summed E-state index contributed by atoms with van der Waals surface area (Å²) in [4.78, 5) is 23.3. The van der Waals surface area contributed by atoms with E-state index < -0.39 is 0 Å². The van der Waals surface area contributed by atoms with Crippen molar-refractivity contribution in [1.82, 2.24) is 9.88 Å². The maximum atomic E-state index is 13.2. The molecule has 31 heavy (non-hydrogen) atoms. The van der Waals surface area contributed by atoms with Gasteiger partial charge in [-0.1, -0.05) is 43.4 Å². The zero-order valence-electron chi connectivity index (χ0n) is 17.9. The van der Waals surface area contributed by atoms with Gasteiger partial charge in [-0.3, -0.25) is 9.69 Å². The van der Waals surface area contributed by atoms with Gasteiger partial charge >= 0.3 is 0 Å². The molecule has 0 N–H and O–H groups in total. The number of carbonyl (C=O) groups excluding carboxylic acids is 1. The van der Waals surface area contributed by atoms with Crippen LogP contribution >= 0.6 is 23.1 Å². The fourth-order valence-corrected chi connectivity index (χ4v) is 5.32. The van der Waals surface area contributed by atoms with Crippen LogP contribution in [0, 0.1) is 0 Å². The number of thioether (sulfide) groups is 1. The molecule has 164 valence electrons. The number of hydrogen-bond acceptors (Lipinski definition) is 7. The number of benzene rings is 2. The van der Waals surface area contributed by atoms with E-state index >= 15 is 0 Å². The van der Waals surface area contributed by atoms with Crippen LogP contribution in [0.1, 0.15) is 20.3 Å². The average molecular weight is 458 g/mol. The summed E-state index contributed by atoms with van der Waals surface area (Å²) in [6.45, 7) is 7.91. The standard InChI is InChI=1S/C23H27N3O3S2/c1-3-25(4-2)11-12-26(22(27)10-13-30-17-8-6-5-7-9-17)23-24-18-14-19-20(29-16-28-19)15-21(18)31-23/h5-9,14-15H,3-4,10-13,16H2,1-2H3. The van der Waals surface area contributed by atoms with Crippen molar-refractivity contribution in [2.45, 2.75) is 25.2 Å². The summed E-state index contributed by atoms with van der Waals surface area (Å²) in [6, 6.07) is 14.0. The SMILES string of the molecule is CCN(CC)CCN(C(=O)CCSc1ccccc1)c1nc2cc3c(cc2s1)OCO3. The minimum Gasteiger partial charge on any atom is -0.454 e. The van der Waals surface area contributed by atoms with Gasteiger partial charge in [-0.25, -0.2) is 4.98 Å². The lowest BCUT2D eigenvalue weighted by atomic mass is 10.3. The van der Waals surface area contributed by atoms with E-state index in [9.17, 15) is 4.79 Å². The molecular formula is C23H27N3O3S2. The second-order valence-corrected chi connectivity index (χ2v) is 9.33. The van der Waals surface area contributed by atoms with Gasteiger partial charge in [-0.2, -0.15) is 0 Å². The molecule has 0 aliphatic carbocycles. The Morgan fingerprint density at radius 1 is 1.10 bits per heavy atom. The quantitative estimate of drug-likeness (QED) is 0.405. The van der Waals surface area contributed by atoms with Crippen molar-refractivity contribution in [1.29, 1.82) is 0 Å².